The summed E-state index contributed by atoms with van der Waals surface area (Å²) in [6.45, 7) is 6.27. The number of carbonyl (C=O) groups is 2. The van der Waals surface area contributed by atoms with Crippen LogP contribution in [-0.2, 0) is 11.3 Å². The summed E-state index contributed by atoms with van der Waals surface area (Å²) in [6.07, 6.45) is 5.09. The van der Waals surface area contributed by atoms with E-state index < -0.39 is 23.5 Å². The van der Waals surface area contributed by atoms with Crippen LogP contribution in [0.25, 0.3) is 0 Å². The van der Waals surface area contributed by atoms with Crippen LogP contribution in [0.3, 0.4) is 0 Å². The molecule has 1 aromatic heterocycles. The lowest BCUT2D eigenvalue weighted by Crippen LogP contribution is -2.52. The van der Waals surface area contributed by atoms with E-state index in [4.69, 9.17) is 5.11 Å². The molecular weight excluding hydrogens is 248 g/mol. The van der Waals surface area contributed by atoms with Gasteiger partial charge in [0.05, 0.1) is 6.33 Å². The highest BCUT2D eigenvalue weighted by atomic mass is 16.4. The molecule has 0 aliphatic heterocycles. The molecule has 19 heavy (non-hydrogen) atoms. The second-order valence-electron chi connectivity index (χ2n) is 5.34. The maximum atomic E-state index is 11.6. The molecule has 3 N–H and O–H groups in total. The van der Waals surface area contributed by atoms with E-state index in [1.54, 1.807) is 39.5 Å². The smallest absolute Gasteiger partial charge is 0.326 e. The standard InChI is InChI=1S/C12H20N4O3/c1-12(2,3)9(10(17)18)15-11(19)14-5-7-16-6-4-13-8-16/h4,6,8-9H,5,7H2,1-3H3,(H,17,18)(H2,14,15,19)/t9-/m0/s1. The van der Waals surface area contributed by atoms with E-state index in [9.17, 15) is 9.59 Å². The Bertz CT molecular complexity index is 423. The highest BCUT2D eigenvalue weighted by molar-refractivity contribution is 5.83. The van der Waals surface area contributed by atoms with Crippen LogP contribution in [0.4, 0.5) is 4.79 Å². The van der Waals surface area contributed by atoms with Crippen molar-refractivity contribution in [3.63, 3.8) is 0 Å². The fourth-order valence-electron chi connectivity index (χ4n) is 1.55. The third-order valence-corrected chi connectivity index (χ3v) is 2.60. The predicted octanol–water partition coefficient (Wildman–Crippen LogP) is 0.682. The van der Waals surface area contributed by atoms with Gasteiger partial charge in [0.2, 0.25) is 0 Å². The Morgan fingerprint density at radius 3 is 2.58 bits per heavy atom. The number of carboxylic acids is 1. The number of hydrogen-bond donors (Lipinski definition) is 3. The normalized spacial score (nSPS) is 12.8. The number of urea groups is 1. The number of imidazole rings is 1. The van der Waals surface area contributed by atoms with Crippen LogP contribution in [0.5, 0.6) is 0 Å². The van der Waals surface area contributed by atoms with Crippen molar-refractivity contribution in [1.82, 2.24) is 20.2 Å². The number of nitrogens with one attached hydrogen (secondary N) is 2. The van der Waals surface area contributed by atoms with Crippen LogP contribution < -0.4 is 10.6 Å². The molecule has 0 radical (unpaired) electrons. The Hall–Kier alpha value is -2.05. The van der Waals surface area contributed by atoms with Crippen molar-refractivity contribution in [2.45, 2.75) is 33.4 Å². The minimum Gasteiger partial charge on any atom is -0.480 e. The van der Waals surface area contributed by atoms with Crippen molar-refractivity contribution in [2.75, 3.05) is 6.54 Å². The first-order valence-corrected chi connectivity index (χ1v) is 6.03. The highest BCUT2D eigenvalue weighted by Gasteiger charge is 2.32. The average molecular weight is 268 g/mol. The van der Waals surface area contributed by atoms with Crippen molar-refractivity contribution in [3.8, 4) is 0 Å². The summed E-state index contributed by atoms with van der Waals surface area (Å²) in [5, 5.41) is 14.2. The SMILES string of the molecule is CC(C)(C)[C@@H](NC(=O)NCCn1ccnc1)C(=O)O. The van der Waals surface area contributed by atoms with E-state index in [-0.39, 0.29) is 0 Å². The van der Waals surface area contributed by atoms with Crippen molar-refractivity contribution in [3.05, 3.63) is 18.7 Å². The molecule has 7 heteroatoms. The Morgan fingerprint density at radius 1 is 1.42 bits per heavy atom. The largest absolute Gasteiger partial charge is 0.480 e. The van der Waals surface area contributed by atoms with Crippen molar-refractivity contribution in [1.29, 1.82) is 0 Å². The summed E-state index contributed by atoms with van der Waals surface area (Å²) < 4.78 is 1.82. The lowest BCUT2D eigenvalue weighted by atomic mass is 9.87. The first kappa shape index (κ1) is 15.0. The van der Waals surface area contributed by atoms with E-state index in [0.29, 0.717) is 13.1 Å². The van der Waals surface area contributed by atoms with Gasteiger partial charge in [-0.2, -0.15) is 0 Å². The van der Waals surface area contributed by atoms with Gasteiger partial charge < -0.3 is 20.3 Å². The van der Waals surface area contributed by atoms with Crippen LogP contribution >= 0.6 is 0 Å². The van der Waals surface area contributed by atoms with Gasteiger partial charge in [0.15, 0.2) is 0 Å². The quantitative estimate of drug-likeness (QED) is 0.731. The number of aromatic nitrogens is 2. The third kappa shape index (κ3) is 4.99. The first-order chi connectivity index (χ1) is 8.80. The Labute approximate surface area is 112 Å². The van der Waals surface area contributed by atoms with Gasteiger partial charge in [0.1, 0.15) is 6.04 Å². The Kier molecular flexibility index (Phi) is 4.91. The number of nitrogens with zero attached hydrogens (tertiary/aromatic N) is 2. The lowest BCUT2D eigenvalue weighted by molar-refractivity contribution is -0.141. The first-order valence-electron chi connectivity index (χ1n) is 6.03. The average Bonchev–Trinajstić information content (AvgIpc) is 2.77. The van der Waals surface area contributed by atoms with Gasteiger partial charge in [0.25, 0.3) is 0 Å². The zero-order chi connectivity index (χ0) is 14.5. The number of hydrogen-bond acceptors (Lipinski definition) is 3. The predicted molar refractivity (Wildman–Crippen MR) is 69.6 cm³/mol. The second-order valence-corrected chi connectivity index (χ2v) is 5.34. The molecule has 1 aromatic rings. The molecule has 0 aliphatic carbocycles. The molecule has 0 spiro atoms. The van der Waals surface area contributed by atoms with Crippen molar-refractivity contribution >= 4 is 12.0 Å². The maximum Gasteiger partial charge on any atom is 0.326 e. The molecule has 0 saturated carbocycles. The van der Waals surface area contributed by atoms with E-state index in [1.165, 1.54) is 0 Å². The number of carbonyl (C=O) groups excluding carboxylic acids is 1. The van der Waals surface area contributed by atoms with Gasteiger partial charge in [0, 0.05) is 25.5 Å². The lowest BCUT2D eigenvalue weighted by Gasteiger charge is -2.27. The van der Waals surface area contributed by atoms with Gasteiger partial charge in [-0.1, -0.05) is 20.8 Å². The monoisotopic (exact) mass is 268 g/mol. The molecule has 7 nitrogen and oxygen atoms in total. The fourth-order valence-corrected chi connectivity index (χ4v) is 1.55. The summed E-state index contributed by atoms with van der Waals surface area (Å²) in [5.74, 6) is -1.04. The number of rotatable bonds is 5. The molecule has 0 saturated heterocycles. The van der Waals surface area contributed by atoms with Gasteiger partial charge in [-0.15, -0.1) is 0 Å². The molecule has 0 fully saturated rings. The molecule has 0 unspecified atom stereocenters. The van der Waals surface area contributed by atoms with E-state index >= 15 is 0 Å². The minimum atomic E-state index is -1.04. The van der Waals surface area contributed by atoms with Gasteiger partial charge >= 0.3 is 12.0 Å². The van der Waals surface area contributed by atoms with Crippen molar-refractivity contribution in [2.24, 2.45) is 5.41 Å². The topological polar surface area (TPSA) is 96.3 Å². The van der Waals surface area contributed by atoms with E-state index in [0.717, 1.165) is 0 Å². The molecule has 1 atom stereocenters. The summed E-state index contributed by atoms with van der Waals surface area (Å²) >= 11 is 0. The summed E-state index contributed by atoms with van der Waals surface area (Å²) in [7, 11) is 0. The Balaban J connectivity index is 2.39. The van der Waals surface area contributed by atoms with Crippen molar-refractivity contribution < 1.29 is 14.7 Å². The molecule has 2 amide bonds. The number of carboxylic acid groups (broad SMARTS) is 1. The third-order valence-electron chi connectivity index (χ3n) is 2.60. The Morgan fingerprint density at radius 2 is 2.11 bits per heavy atom. The summed E-state index contributed by atoms with van der Waals surface area (Å²) in [5.41, 5.74) is -0.548. The zero-order valence-corrected chi connectivity index (χ0v) is 11.4. The molecule has 0 bridgehead atoms. The van der Waals surface area contributed by atoms with Gasteiger partial charge in [-0.3, -0.25) is 0 Å². The van der Waals surface area contributed by atoms with Crippen LogP contribution in [0, 0.1) is 5.41 Å². The zero-order valence-electron chi connectivity index (χ0n) is 11.4. The molecule has 1 heterocycles. The van der Waals surface area contributed by atoms with Gasteiger partial charge in [-0.05, 0) is 5.41 Å². The summed E-state index contributed by atoms with van der Waals surface area (Å²) in [4.78, 5) is 26.6. The van der Waals surface area contributed by atoms with Crippen LogP contribution in [0.15, 0.2) is 18.7 Å². The number of amides is 2. The molecule has 0 aromatic carbocycles. The molecule has 106 valence electrons. The number of aliphatic carboxylic acids is 1. The van der Waals surface area contributed by atoms with Crippen LogP contribution in [0.2, 0.25) is 0 Å². The fraction of sp³-hybridized carbons (Fsp3) is 0.583. The van der Waals surface area contributed by atoms with Crippen LogP contribution in [-0.4, -0.2) is 39.2 Å². The van der Waals surface area contributed by atoms with Crippen LogP contribution in [0.1, 0.15) is 20.8 Å². The van der Waals surface area contributed by atoms with E-state index in [2.05, 4.69) is 15.6 Å². The molecule has 1 rings (SSSR count). The molecular formula is C12H20N4O3. The second kappa shape index (κ2) is 6.21. The maximum absolute atomic E-state index is 11.6. The summed E-state index contributed by atoms with van der Waals surface area (Å²) in [6, 6.07) is -1.41. The highest BCUT2D eigenvalue weighted by Crippen LogP contribution is 2.19. The van der Waals surface area contributed by atoms with Gasteiger partial charge in [-0.25, -0.2) is 14.6 Å². The minimum absolute atomic E-state index is 0.401. The van der Waals surface area contributed by atoms with E-state index in [1.807, 2.05) is 4.57 Å². The molecule has 0 aliphatic rings.